The summed E-state index contributed by atoms with van der Waals surface area (Å²) in [4.78, 5) is 22.1. The Kier molecular flexibility index (Phi) is 2.48. The molecule has 0 saturated carbocycles. The summed E-state index contributed by atoms with van der Waals surface area (Å²) in [7, 11) is 1.33. The van der Waals surface area contributed by atoms with Gasteiger partial charge in [-0.3, -0.25) is 0 Å². The fourth-order valence-electron chi connectivity index (χ4n) is 1.74. The van der Waals surface area contributed by atoms with Gasteiger partial charge in [0.05, 0.1) is 12.7 Å². The van der Waals surface area contributed by atoms with Crippen molar-refractivity contribution >= 4 is 18.0 Å². The van der Waals surface area contributed by atoms with Crippen molar-refractivity contribution in [3.8, 4) is 0 Å². The third-order valence-electron chi connectivity index (χ3n) is 2.55. The molecule has 4 nitrogen and oxygen atoms in total. The van der Waals surface area contributed by atoms with Crippen molar-refractivity contribution < 1.29 is 19.4 Å². The van der Waals surface area contributed by atoms with Crippen LogP contribution in [0.4, 0.5) is 0 Å². The van der Waals surface area contributed by atoms with Crippen molar-refractivity contribution in [3.05, 3.63) is 40.5 Å². The number of fused-ring (bicyclic) bond motifs is 1. The van der Waals surface area contributed by atoms with Crippen LogP contribution in [0.3, 0.4) is 0 Å². The molecule has 1 N–H and O–H groups in total. The minimum atomic E-state index is -0.964. The molecule has 0 bridgehead atoms. The number of esters is 1. The Hall–Kier alpha value is -2.10. The van der Waals surface area contributed by atoms with Crippen LogP contribution < -0.4 is 0 Å². The number of hydrogen-bond acceptors (Lipinski definition) is 3. The molecule has 0 aromatic heterocycles. The molecule has 0 atom stereocenters. The summed E-state index contributed by atoms with van der Waals surface area (Å²) in [5, 5.41) is 8.83. The van der Waals surface area contributed by atoms with Crippen LogP contribution in [0.1, 0.15) is 21.5 Å². The first-order valence-corrected chi connectivity index (χ1v) is 4.77. The van der Waals surface area contributed by atoms with Gasteiger partial charge in [-0.1, -0.05) is 6.07 Å². The van der Waals surface area contributed by atoms with Gasteiger partial charge in [0.25, 0.3) is 0 Å². The predicted octanol–water partition coefficient (Wildman–Crippen LogP) is 1.50. The lowest BCUT2D eigenvalue weighted by Crippen LogP contribution is -2.04. The number of ether oxygens (including phenoxy) is 1. The van der Waals surface area contributed by atoms with E-state index in [4.69, 9.17) is 5.11 Å². The van der Waals surface area contributed by atoms with E-state index in [0.29, 0.717) is 12.0 Å². The summed E-state index contributed by atoms with van der Waals surface area (Å²) in [6.07, 6.45) is 2.16. The largest absolute Gasteiger partial charge is 0.478 e. The summed E-state index contributed by atoms with van der Waals surface area (Å²) < 4.78 is 4.62. The second kappa shape index (κ2) is 3.81. The van der Waals surface area contributed by atoms with Crippen LogP contribution >= 0.6 is 0 Å². The van der Waals surface area contributed by atoms with E-state index in [2.05, 4.69) is 4.74 Å². The van der Waals surface area contributed by atoms with E-state index in [1.807, 2.05) is 0 Å². The van der Waals surface area contributed by atoms with Crippen LogP contribution in [0.15, 0.2) is 23.8 Å². The molecule has 1 aliphatic carbocycles. The molecule has 1 aromatic rings. The number of carbonyl (C=O) groups excluding carboxylic acids is 1. The number of hydrogen-bond donors (Lipinski definition) is 1. The summed E-state index contributed by atoms with van der Waals surface area (Å²) in [6, 6.07) is 4.82. The van der Waals surface area contributed by atoms with E-state index in [0.717, 1.165) is 11.1 Å². The van der Waals surface area contributed by atoms with E-state index in [9.17, 15) is 9.59 Å². The summed E-state index contributed by atoms with van der Waals surface area (Å²) in [5.74, 6) is -1.33. The van der Waals surface area contributed by atoms with Crippen LogP contribution in [0.2, 0.25) is 0 Å². The molecule has 0 fully saturated rings. The Labute approximate surface area is 92.2 Å². The third kappa shape index (κ3) is 1.69. The number of methoxy groups -OCH3 is 1. The smallest absolute Gasteiger partial charge is 0.335 e. The Morgan fingerprint density at radius 2 is 2.12 bits per heavy atom. The van der Waals surface area contributed by atoms with E-state index < -0.39 is 5.97 Å². The lowest BCUT2D eigenvalue weighted by Gasteiger charge is -2.00. The second-order valence-electron chi connectivity index (χ2n) is 3.56. The van der Waals surface area contributed by atoms with Gasteiger partial charge in [0, 0.05) is 12.0 Å². The van der Waals surface area contributed by atoms with Gasteiger partial charge in [-0.15, -0.1) is 0 Å². The maximum Gasteiger partial charge on any atom is 0.335 e. The predicted molar refractivity (Wildman–Crippen MR) is 57.1 cm³/mol. The first kappa shape index (κ1) is 10.4. The zero-order chi connectivity index (χ0) is 11.7. The van der Waals surface area contributed by atoms with Crippen LogP contribution in [0.5, 0.6) is 0 Å². The van der Waals surface area contributed by atoms with E-state index in [1.54, 1.807) is 18.2 Å². The molecule has 0 saturated heterocycles. The normalized spacial score (nSPS) is 12.9. The van der Waals surface area contributed by atoms with E-state index in [1.165, 1.54) is 13.2 Å². The molecule has 0 radical (unpaired) electrons. The van der Waals surface area contributed by atoms with Gasteiger partial charge in [0.15, 0.2) is 0 Å². The molecule has 1 aliphatic rings. The van der Waals surface area contributed by atoms with Gasteiger partial charge in [0.1, 0.15) is 0 Å². The standard InChI is InChI=1S/C12H10O4/c1-16-12(15)10-4-7-2-3-8(11(13)14)5-9(7)6-10/h2-5H,6H2,1H3,(H,13,14). The molecule has 0 amide bonds. The van der Waals surface area contributed by atoms with Crippen molar-refractivity contribution in [2.24, 2.45) is 0 Å². The Bertz CT molecular complexity index is 500. The van der Waals surface area contributed by atoms with Crippen LogP contribution in [0, 0.1) is 0 Å². The fraction of sp³-hybridized carbons (Fsp3) is 0.167. The highest BCUT2D eigenvalue weighted by atomic mass is 16.5. The van der Waals surface area contributed by atoms with Crippen molar-refractivity contribution in [2.45, 2.75) is 6.42 Å². The van der Waals surface area contributed by atoms with Crippen LogP contribution in [-0.4, -0.2) is 24.2 Å². The molecule has 0 unspecified atom stereocenters. The number of benzene rings is 1. The molecular weight excluding hydrogens is 208 g/mol. The quantitative estimate of drug-likeness (QED) is 0.764. The van der Waals surface area contributed by atoms with Crippen molar-refractivity contribution in [1.29, 1.82) is 0 Å². The molecule has 2 rings (SSSR count). The zero-order valence-electron chi connectivity index (χ0n) is 8.69. The number of rotatable bonds is 2. The average molecular weight is 218 g/mol. The highest BCUT2D eigenvalue weighted by molar-refractivity contribution is 5.97. The Balaban J connectivity index is 2.32. The van der Waals surface area contributed by atoms with Gasteiger partial charge in [-0.25, -0.2) is 9.59 Å². The van der Waals surface area contributed by atoms with Gasteiger partial charge in [0.2, 0.25) is 0 Å². The number of aromatic carboxylic acids is 1. The Morgan fingerprint density at radius 1 is 1.38 bits per heavy atom. The van der Waals surface area contributed by atoms with Gasteiger partial charge >= 0.3 is 11.9 Å². The average Bonchev–Trinajstić information content (AvgIpc) is 2.70. The lowest BCUT2D eigenvalue weighted by atomic mass is 10.1. The van der Waals surface area contributed by atoms with E-state index in [-0.39, 0.29) is 11.5 Å². The molecule has 16 heavy (non-hydrogen) atoms. The highest BCUT2D eigenvalue weighted by Gasteiger charge is 2.19. The van der Waals surface area contributed by atoms with Gasteiger partial charge < -0.3 is 9.84 Å². The molecule has 0 aliphatic heterocycles. The van der Waals surface area contributed by atoms with Gasteiger partial charge in [-0.05, 0) is 29.3 Å². The second-order valence-corrected chi connectivity index (χ2v) is 3.56. The van der Waals surface area contributed by atoms with Crippen molar-refractivity contribution in [2.75, 3.05) is 7.11 Å². The first-order valence-electron chi connectivity index (χ1n) is 4.77. The maximum absolute atomic E-state index is 11.3. The molecule has 0 spiro atoms. The summed E-state index contributed by atoms with van der Waals surface area (Å²) in [5.41, 5.74) is 2.52. The third-order valence-corrected chi connectivity index (χ3v) is 2.55. The summed E-state index contributed by atoms with van der Waals surface area (Å²) in [6.45, 7) is 0. The molecule has 1 aromatic carbocycles. The minimum absolute atomic E-state index is 0.235. The van der Waals surface area contributed by atoms with Crippen LogP contribution in [-0.2, 0) is 16.0 Å². The maximum atomic E-state index is 11.3. The van der Waals surface area contributed by atoms with Gasteiger partial charge in [-0.2, -0.15) is 0 Å². The van der Waals surface area contributed by atoms with Crippen molar-refractivity contribution in [3.63, 3.8) is 0 Å². The van der Waals surface area contributed by atoms with Crippen LogP contribution in [0.25, 0.3) is 6.08 Å². The minimum Gasteiger partial charge on any atom is -0.478 e. The topological polar surface area (TPSA) is 63.6 Å². The number of carboxylic acids is 1. The van der Waals surface area contributed by atoms with E-state index >= 15 is 0 Å². The van der Waals surface area contributed by atoms with Crippen molar-refractivity contribution in [1.82, 2.24) is 0 Å². The number of carbonyl (C=O) groups is 2. The Morgan fingerprint density at radius 3 is 2.75 bits per heavy atom. The lowest BCUT2D eigenvalue weighted by molar-refractivity contribution is -0.136. The monoisotopic (exact) mass is 218 g/mol. The molecule has 82 valence electrons. The fourth-order valence-corrected chi connectivity index (χ4v) is 1.74. The highest BCUT2D eigenvalue weighted by Crippen LogP contribution is 2.26. The molecular formula is C12H10O4. The first-order chi connectivity index (χ1) is 7.61. The molecule has 4 heteroatoms. The molecule has 0 heterocycles. The SMILES string of the molecule is COC(=O)C1=Cc2ccc(C(=O)O)cc2C1. The number of carboxylic acid groups (broad SMARTS) is 1. The summed E-state index contributed by atoms with van der Waals surface area (Å²) >= 11 is 0. The zero-order valence-corrected chi connectivity index (χ0v) is 8.69.